The van der Waals surface area contributed by atoms with Gasteiger partial charge in [-0.3, -0.25) is 29.6 Å². The summed E-state index contributed by atoms with van der Waals surface area (Å²) in [6.07, 6.45) is 1.38. The van der Waals surface area contributed by atoms with Crippen LogP contribution in [0.3, 0.4) is 0 Å². The number of esters is 2. The van der Waals surface area contributed by atoms with E-state index in [1.54, 1.807) is 6.07 Å². The fraction of sp³-hybridized carbons (Fsp3) is 0.125. The fourth-order valence-corrected chi connectivity index (χ4v) is 5.26. The van der Waals surface area contributed by atoms with Gasteiger partial charge < -0.3 is 15.2 Å². The Morgan fingerprint density at radius 2 is 1.55 bits per heavy atom. The Morgan fingerprint density at radius 1 is 0.974 bits per heavy atom. The molecule has 0 saturated carbocycles. The first-order chi connectivity index (χ1) is 18.1. The van der Waals surface area contributed by atoms with Gasteiger partial charge in [0.15, 0.2) is 0 Å². The number of fused-ring (bicyclic) bond motifs is 1. The molecule has 0 saturated heterocycles. The molecule has 1 atom stereocenters. The van der Waals surface area contributed by atoms with Gasteiger partial charge in [0, 0.05) is 24.3 Å². The van der Waals surface area contributed by atoms with Crippen LogP contribution in [0.4, 0.5) is 11.4 Å². The molecule has 194 valence electrons. The molecular formula is C24H18N4O9S. The van der Waals surface area contributed by atoms with Crippen molar-refractivity contribution in [1.82, 2.24) is 4.57 Å². The standard InChI is InChI=1S/C24H18N4O9S/c1-36-23(30)18-17(13-6-4-8-15(11-13)28(34)35)19(24(31)37-2)22-26(20(18)25)21(29)16(38-22)10-12-5-3-7-14(9-12)27(32)33/h3-11,17H,25H2,1-2H3. The average Bonchev–Trinajstić information content (AvgIpc) is 3.23. The van der Waals surface area contributed by atoms with Gasteiger partial charge in [0.25, 0.3) is 16.9 Å². The molecule has 4 rings (SSSR count). The summed E-state index contributed by atoms with van der Waals surface area (Å²) < 4.78 is 10.9. The Labute approximate surface area is 216 Å². The third-order valence-corrected chi connectivity index (χ3v) is 6.86. The Hall–Kier alpha value is -5.11. The Bertz CT molecular complexity index is 1740. The number of aromatic nitrogens is 1. The van der Waals surface area contributed by atoms with E-state index < -0.39 is 33.3 Å². The van der Waals surface area contributed by atoms with Crippen LogP contribution in [-0.2, 0) is 19.1 Å². The number of benzene rings is 2. The summed E-state index contributed by atoms with van der Waals surface area (Å²) in [5.74, 6) is -3.48. The molecule has 0 amide bonds. The van der Waals surface area contributed by atoms with E-state index in [0.717, 1.165) is 30.1 Å². The maximum absolute atomic E-state index is 13.4. The number of nitrogens with two attached hydrogens (primary N) is 1. The molecule has 0 bridgehead atoms. The second-order valence-corrected chi connectivity index (χ2v) is 8.92. The molecule has 2 aromatic carbocycles. The lowest BCUT2D eigenvalue weighted by atomic mass is 9.83. The number of rotatable bonds is 6. The van der Waals surface area contributed by atoms with E-state index in [9.17, 15) is 34.6 Å². The fourth-order valence-electron chi connectivity index (χ4n) is 4.10. The minimum atomic E-state index is -1.27. The van der Waals surface area contributed by atoms with Crippen molar-refractivity contribution in [2.45, 2.75) is 5.92 Å². The molecule has 1 aliphatic heterocycles. The molecule has 14 heteroatoms. The van der Waals surface area contributed by atoms with Crippen LogP contribution in [0.15, 0.2) is 58.9 Å². The number of nitro groups is 2. The first kappa shape index (κ1) is 26.0. The van der Waals surface area contributed by atoms with Crippen LogP contribution >= 0.6 is 11.3 Å². The van der Waals surface area contributed by atoms with Crippen LogP contribution in [0.25, 0.3) is 17.5 Å². The third kappa shape index (κ3) is 4.43. The topological polar surface area (TPSA) is 187 Å². The zero-order valence-corrected chi connectivity index (χ0v) is 20.6. The number of hydrogen-bond acceptors (Lipinski definition) is 11. The van der Waals surface area contributed by atoms with Crippen molar-refractivity contribution in [2.75, 3.05) is 14.2 Å². The van der Waals surface area contributed by atoms with E-state index in [4.69, 9.17) is 15.2 Å². The third-order valence-electron chi connectivity index (χ3n) is 5.75. The SMILES string of the molecule is COC(=O)C1=C(N)n2c(sc(=Cc3cccc([N+](=O)[O-])c3)c2=O)=C(C(=O)OC)C1c1cccc([N+](=O)[O-])c1. The molecule has 3 aromatic rings. The van der Waals surface area contributed by atoms with Crippen molar-refractivity contribution in [2.24, 2.45) is 5.73 Å². The van der Waals surface area contributed by atoms with E-state index in [1.165, 1.54) is 48.5 Å². The van der Waals surface area contributed by atoms with E-state index in [1.807, 2.05) is 0 Å². The lowest BCUT2D eigenvalue weighted by Crippen LogP contribution is -2.41. The van der Waals surface area contributed by atoms with Crippen LogP contribution in [0, 0.1) is 20.2 Å². The van der Waals surface area contributed by atoms with Gasteiger partial charge in [-0.15, -0.1) is 11.3 Å². The monoisotopic (exact) mass is 538 g/mol. The number of carbonyl (C=O) groups is 2. The average molecular weight is 538 g/mol. The summed E-state index contributed by atoms with van der Waals surface area (Å²) in [5, 5.41) is 22.6. The molecule has 0 fully saturated rings. The van der Waals surface area contributed by atoms with Crippen molar-refractivity contribution < 1.29 is 28.9 Å². The maximum atomic E-state index is 13.4. The Kier molecular flexibility index (Phi) is 6.90. The van der Waals surface area contributed by atoms with Gasteiger partial charge in [-0.2, -0.15) is 0 Å². The van der Waals surface area contributed by atoms with Crippen LogP contribution < -0.4 is 20.5 Å². The largest absolute Gasteiger partial charge is 0.466 e. The molecule has 1 aromatic heterocycles. The van der Waals surface area contributed by atoms with Gasteiger partial charge in [0.1, 0.15) is 10.5 Å². The predicted molar refractivity (Wildman–Crippen MR) is 135 cm³/mol. The van der Waals surface area contributed by atoms with Crippen LogP contribution in [0.5, 0.6) is 0 Å². The van der Waals surface area contributed by atoms with Crippen molar-refractivity contribution in [3.8, 4) is 0 Å². The van der Waals surface area contributed by atoms with Gasteiger partial charge in [-0.25, -0.2) is 9.59 Å². The number of nitrogens with zero attached hydrogens (tertiary/aromatic N) is 3. The molecule has 38 heavy (non-hydrogen) atoms. The number of carbonyl (C=O) groups excluding carboxylic acids is 2. The number of thiazole rings is 1. The van der Waals surface area contributed by atoms with Gasteiger partial charge in [0.2, 0.25) is 0 Å². The first-order valence-electron chi connectivity index (χ1n) is 10.7. The minimum absolute atomic E-state index is 0.0280. The number of nitro benzene ring substituents is 2. The smallest absolute Gasteiger partial charge is 0.338 e. The van der Waals surface area contributed by atoms with Crippen molar-refractivity contribution in [3.63, 3.8) is 0 Å². The predicted octanol–water partition coefficient (Wildman–Crippen LogP) is 0.976. The van der Waals surface area contributed by atoms with Crippen molar-refractivity contribution >= 4 is 52.1 Å². The van der Waals surface area contributed by atoms with Crippen LogP contribution in [-0.4, -0.2) is 40.6 Å². The summed E-state index contributed by atoms with van der Waals surface area (Å²) in [4.78, 5) is 60.8. The summed E-state index contributed by atoms with van der Waals surface area (Å²) in [6.45, 7) is 0. The summed E-state index contributed by atoms with van der Waals surface area (Å²) >= 11 is 0.844. The molecule has 0 radical (unpaired) electrons. The number of methoxy groups -OCH3 is 2. The number of ether oxygens (including phenoxy) is 2. The van der Waals surface area contributed by atoms with Gasteiger partial charge >= 0.3 is 11.9 Å². The minimum Gasteiger partial charge on any atom is -0.466 e. The summed E-state index contributed by atoms with van der Waals surface area (Å²) in [5.41, 5.74) is 5.16. The van der Waals surface area contributed by atoms with E-state index in [2.05, 4.69) is 0 Å². The second kappa shape index (κ2) is 10.1. The molecule has 13 nitrogen and oxygen atoms in total. The molecule has 1 aliphatic rings. The highest BCUT2D eigenvalue weighted by molar-refractivity contribution is 7.07. The molecular weight excluding hydrogens is 520 g/mol. The zero-order valence-electron chi connectivity index (χ0n) is 19.8. The van der Waals surface area contributed by atoms with Gasteiger partial charge in [-0.1, -0.05) is 24.3 Å². The highest BCUT2D eigenvalue weighted by atomic mass is 32.1. The molecule has 1 unspecified atom stereocenters. The van der Waals surface area contributed by atoms with Crippen molar-refractivity contribution in [3.05, 3.63) is 105 Å². The highest BCUT2D eigenvalue weighted by Gasteiger charge is 2.40. The van der Waals surface area contributed by atoms with Gasteiger partial charge in [-0.05, 0) is 17.2 Å². The molecule has 0 spiro atoms. The molecule has 2 N–H and O–H groups in total. The normalized spacial score (nSPS) is 15.2. The van der Waals surface area contributed by atoms with Gasteiger partial charge in [0.05, 0.1) is 45.7 Å². The highest BCUT2D eigenvalue weighted by Crippen LogP contribution is 2.38. The Balaban J connectivity index is 2.12. The summed E-state index contributed by atoms with van der Waals surface area (Å²) in [6, 6.07) is 10.8. The lowest BCUT2D eigenvalue weighted by molar-refractivity contribution is -0.385. The van der Waals surface area contributed by atoms with E-state index in [-0.39, 0.29) is 43.1 Å². The first-order valence-corrected chi connectivity index (χ1v) is 11.5. The number of non-ortho nitro benzene ring substituents is 2. The molecule has 2 heterocycles. The zero-order chi connectivity index (χ0) is 27.7. The quantitative estimate of drug-likeness (QED) is 0.269. The maximum Gasteiger partial charge on any atom is 0.338 e. The Morgan fingerprint density at radius 3 is 2.16 bits per heavy atom. The lowest BCUT2D eigenvalue weighted by Gasteiger charge is -2.26. The summed E-state index contributed by atoms with van der Waals surface area (Å²) in [7, 11) is 2.18. The van der Waals surface area contributed by atoms with Crippen LogP contribution in [0.2, 0.25) is 0 Å². The second-order valence-electron chi connectivity index (χ2n) is 7.89. The van der Waals surface area contributed by atoms with E-state index >= 15 is 0 Å². The molecule has 0 aliphatic carbocycles. The van der Waals surface area contributed by atoms with E-state index in [0.29, 0.717) is 5.56 Å². The van der Waals surface area contributed by atoms with Crippen LogP contribution in [0.1, 0.15) is 17.0 Å². The van der Waals surface area contributed by atoms with Crippen molar-refractivity contribution in [1.29, 1.82) is 0 Å². The number of hydrogen-bond donors (Lipinski definition) is 1.